The van der Waals surface area contributed by atoms with Crippen molar-refractivity contribution >= 4 is 34.4 Å². The Kier molecular flexibility index (Phi) is 4.93. The minimum Gasteiger partial charge on any atom is -0.318 e. The second-order valence-electron chi connectivity index (χ2n) is 4.96. The van der Waals surface area contributed by atoms with E-state index in [4.69, 9.17) is 23.2 Å². The number of hydrogen-bond acceptors (Lipinski definition) is 4. The van der Waals surface area contributed by atoms with E-state index in [2.05, 4.69) is 19.9 Å². The minimum absolute atomic E-state index is 0.415. The molecule has 0 amide bonds. The van der Waals surface area contributed by atoms with Crippen LogP contribution in [0, 0.1) is 20.8 Å². The first-order valence-corrected chi connectivity index (χ1v) is 7.35. The molecule has 0 aliphatic rings. The molecule has 6 nitrogen and oxygen atoms in total. The van der Waals surface area contributed by atoms with Crippen molar-refractivity contribution in [2.45, 2.75) is 20.8 Å². The zero-order valence-corrected chi connectivity index (χ0v) is 14.6. The van der Waals surface area contributed by atoms with Gasteiger partial charge in [0.1, 0.15) is 11.3 Å². The summed E-state index contributed by atoms with van der Waals surface area (Å²) in [7, 11) is 3.82. The van der Waals surface area contributed by atoms with Gasteiger partial charge in [0.2, 0.25) is 5.15 Å². The Labute approximate surface area is 138 Å². The van der Waals surface area contributed by atoms with Gasteiger partial charge in [-0.3, -0.25) is 0 Å². The SMILES string of the molecule is Cc1c[n+](C)c(C)nc1Cl.Cc1nc(Cl)c2ncn(C)c2n1. The molecule has 0 aliphatic carbocycles. The predicted octanol–water partition coefficient (Wildman–Crippen LogP) is 2.50. The number of nitrogens with zero attached hydrogens (tertiary/aromatic N) is 6. The number of halogens is 2. The average Bonchev–Trinajstić information content (AvgIpc) is 2.79. The van der Waals surface area contributed by atoms with E-state index in [0.29, 0.717) is 21.6 Å². The molecule has 8 heteroatoms. The van der Waals surface area contributed by atoms with Crippen LogP contribution < -0.4 is 4.57 Å². The Balaban J connectivity index is 0.000000164. The molecule has 3 aromatic heterocycles. The molecule has 0 fully saturated rings. The third-order valence-electron chi connectivity index (χ3n) is 3.11. The molecule has 0 N–H and O–H groups in total. The number of hydrogen-bond donors (Lipinski definition) is 0. The van der Waals surface area contributed by atoms with Crippen LogP contribution in [0.4, 0.5) is 0 Å². The zero-order chi connectivity index (χ0) is 16.4. The molecule has 0 saturated heterocycles. The Bertz CT molecular complexity index is 778. The summed E-state index contributed by atoms with van der Waals surface area (Å²) in [6.07, 6.45) is 3.63. The summed E-state index contributed by atoms with van der Waals surface area (Å²) in [5, 5.41) is 1.01. The zero-order valence-electron chi connectivity index (χ0n) is 13.1. The van der Waals surface area contributed by atoms with Crippen molar-refractivity contribution in [1.82, 2.24) is 24.5 Å². The van der Waals surface area contributed by atoms with Gasteiger partial charge in [-0.1, -0.05) is 11.6 Å². The third-order valence-corrected chi connectivity index (χ3v) is 3.76. The molecule has 3 aromatic rings. The Morgan fingerprint density at radius 3 is 2.36 bits per heavy atom. The highest BCUT2D eigenvalue weighted by Gasteiger charge is 2.08. The van der Waals surface area contributed by atoms with Gasteiger partial charge < -0.3 is 4.57 Å². The number of imidazole rings is 1. The van der Waals surface area contributed by atoms with E-state index < -0.39 is 0 Å². The Hall–Kier alpha value is -1.79. The van der Waals surface area contributed by atoms with Crippen molar-refractivity contribution in [3.05, 3.63) is 40.0 Å². The van der Waals surface area contributed by atoms with Gasteiger partial charge >= 0.3 is 0 Å². The first-order chi connectivity index (χ1) is 10.3. The molecular formula is C14H17Cl2N6+. The van der Waals surface area contributed by atoms with Crippen LogP contribution in [0.5, 0.6) is 0 Å². The van der Waals surface area contributed by atoms with E-state index in [0.717, 1.165) is 17.0 Å². The number of aryl methyl sites for hydroxylation is 5. The van der Waals surface area contributed by atoms with E-state index in [9.17, 15) is 0 Å². The lowest BCUT2D eigenvalue weighted by molar-refractivity contribution is -0.681. The van der Waals surface area contributed by atoms with Gasteiger partial charge in [-0.2, -0.15) is 0 Å². The first-order valence-electron chi connectivity index (χ1n) is 6.60. The average molecular weight is 340 g/mol. The molecule has 22 heavy (non-hydrogen) atoms. The van der Waals surface area contributed by atoms with Crippen LogP contribution in [-0.2, 0) is 14.1 Å². The summed E-state index contributed by atoms with van der Waals surface area (Å²) in [6, 6.07) is 0. The normalized spacial score (nSPS) is 10.5. The quantitative estimate of drug-likeness (QED) is 0.466. The van der Waals surface area contributed by atoms with Crippen LogP contribution >= 0.6 is 23.2 Å². The van der Waals surface area contributed by atoms with E-state index in [1.165, 1.54) is 0 Å². The van der Waals surface area contributed by atoms with Crippen LogP contribution in [0.2, 0.25) is 10.3 Å². The molecule has 3 heterocycles. The minimum atomic E-state index is 0.415. The summed E-state index contributed by atoms with van der Waals surface area (Å²) in [4.78, 5) is 16.4. The molecule has 0 saturated carbocycles. The Morgan fingerprint density at radius 1 is 1.05 bits per heavy atom. The van der Waals surface area contributed by atoms with Gasteiger partial charge in [-0.15, -0.1) is 0 Å². The highest BCUT2D eigenvalue weighted by molar-refractivity contribution is 6.33. The molecule has 3 rings (SSSR count). The highest BCUT2D eigenvalue weighted by Crippen LogP contribution is 2.17. The summed E-state index contributed by atoms with van der Waals surface area (Å²) >= 11 is 11.6. The van der Waals surface area contributed by atoms with Gasteiger partial charge in [0.15, 0.2) is 10.8 Å². The molecule has 0 radical (unpaired) electrons. The lowest BCUT2D eigenvalue weighted by Crippen LogP contribution is -2.33. The maximum Gasteiger partial charge on any atom is 0.296 e. The fourth-order valence-electron chi connectivity index (χ4n) is 1.82. The number of aromatic nitrogens is 6. The van der Waals surface area contributed by atoms with Crippen molar-refractivity contribution in [3.63, 3.8) is 0 Å². The van der Waals surface area contributed by atoms with Crippen molar-refractivity contribution in [2.24, 2.45) is 14.1 Å². The van der Waals surface area contributed by atoms with Crippen molar-refractivity contribution in [1.29, 1.82) is 0 Å². The van der Waals surface area contributed by atoms with Crippen LogP contribution in [0.3, 0.4) is 0 Å². The van der Waals surface area contributed by atoms with Crippen LogP contribution in [0.1, 0.15) is 17.2 Å². The maximum absolute atomic E-state index is 5.85. The molecular weight excluding hydrogens is 323 g/mol. The monoisotopic (exact) mass is 339 g/mol. The molecule has 0 spiro atoms. The second kappa shape index (κ2) is 6.54. The molecule has 0 aliphatic heterocycles. The Morgan fingerprint density at radius 2 is 1.73 bits per heavy atom. The van der Waals surface area contributed by atoms with Crippen molar-refractivity contribution < 1.29 is 4.57 Å². The van der Waals surface area contributed by atoms with E-state index in [1.807, 2.05) is 43.3 Å². The van der Waals surface area contributed by atoms with E-state index in [-0.39, 0.29) is 0 Å². The lowest BCUT2D eigenvalue weighted by atomic mass is 10.4. The van der Waals surface area contributed by atoms with Crippen molar-refractivity contribution in [2.75, 3.05) is 0 Å². The number of rotatable bonds is 0. The van der Waals surface area contributed by atoms with Crippen molar-refractivity contribution in [3.8, 4) is 0 Å². The molecule has 0 bridgehead atoms. The predicted molar refractivity (Wildman–Crippen MR) is 85.9 cm³/mol. The number of fused-ring (bicyclic) bond motifs is 1. The fourth-order valence-corrected chi connectivity index (χ4v) is 2.25. The van der Waals surface area contributed by atoms with Crippen LogP contribution in [-0.4, -0.2) is 24.5 Å². The topological polar surface area (TPSA) is 60.4 Å². The second-order valence-corrected chi connectivity index (χ2v) is 5.68. The van der Waals surface area contributed by atoms with Crippen LogP contribution in [0.25, 0.3) is 11.2 Å². The first kappa shape index (κ1) is 16.6. The summed E-state index contributed by atoms with van der Waals surface area (Å²) < 4.78 is 3.76. The van der Waals surface area contributed by atoms with Gasteiger partial charge in [-0.05, 0) is 30.4 Å². The van der Waals surface area contributed by atoms with Gasteiger partial charge in [0, 0.05) is 14.0 Å². The van der Waals surface area contributed by atoms with Gasteiger partial charge in [0.25, 0.3) is 5.82 Å². The lowest BCUT2D eigenvalue weighted by Gasteiger charge is -1.95. The fraction of sp³-hybridized carbons (Fsp3) is 0.357. The van der Waals surface area contributed by atoms with E-state index in [1.54, 1.807) is 13.3 Å². The van der Waals surface area contributed by atoms with Gasteiger partial charge in [-0.25, -0.2) is 19.5 Å². The highest BCUT2D eigenvalue weighted by atomic mass is 35.5. The largest absolute Gasteiger partial charge is 0.318 e. The smallest absolute Gasteiger partial charge is 0.296 e. The molecule has 116 valence electrons. The standard InChI is InChI=1S/C7H7ClN4.C7H10ClN2/c1-4-10-6(8)5-7(11-4)12(2)3-9-5;1-5-4-10(3)6(2)9-7(5)8/h3H,1-2H3;4H,1-3H3/q;+1. The molecule has 0 aromatic carbocycles. The maximum atomic E-state index is 5.85. The summed E-state index contributed by atoms with van der Waals surface area (Å²) in [5.74, 6) is 1.59. The van der Waals surface area contributed by atoms with Crippen LogP contribution in [0.15, 0.2) is 12.5 Å². The third kappa shape index (κ3) is 3.51. The molecule has 0 atom stereocenters. The summed E-state index contributed by atoms with van der Waals surface area (Å²) in [5.41, 5.74) is 2.44. The molecule has 0 unspecified atom stereocenters. The van der Waals surface area contributed by atoms with E-state index >= 15 is 0 Å². The van der Waals surface area contributed by atoms with Gasteiger partial charge in [0.05, 0.1) is 25.1 Å². The summed E-state index contributed by atoms with van der Waals surface area (Å²) in [6.45, 7) is 5.67.